The molecule has 1 aromatic rings. The molecule has 2 unspecified atom stereocenters. The van der Waals surface area contributed by atoms with Crippen molar-refractivity contribution in [1.82, 2.24) is 4.90 Å². The maximum Gasteiger partial charge on any atom is 0.340 e. The van der Waals surface area contributed by atoms with Crippen LogP contribution in [0.25, 0.3) is 0 Å². The number of likely N-dealkylation sites (tertiary alicyclic amines) is 1. The molecule has 0 spiro atoms. The highest BCUT2D eigenvalue weighted by molar-refractivity contribution is 6.09. The number of ether oxygens (including phenoxy) is 2. The van der Waals surface area contributed by atoms with E-state index < -0.39 is 11.9 Å². The second-order valence-electron chi connectivity index (χ2n) is 8.13. The van der Waals surface area contributed by atoms with Crippen molar-refractivity contribution < 1.29 is 28.7 Å². The zero-order chi connectivity index (χ0) is 22.0. The van der Waals surface area contributed by atoms with Gasteiger partial charge >= 0.3 is 5.97 Å². The molecule has 1 aromatic carbocycles. The summed E-state index contributed by atoms with van der Waals surface area (Å²) in [6.07, 6.45) is 3.25. The predicted octanol–water partition coefficient (Wildman–Crippen LogP) is 1.42. The number of carbonyl (C=O) groups excluding carboxylic acids is 4. The lowest BCUT2D eigenvalue weighted by atomic mass is 9.81. The first-order valence-corrected chi connectivity index (χ1v) is 10.7. The Morgan fingerprint density at radius 1 is 1.10 bits per heavy atom. The van der Waals surface area contributed by atoms with E-state index in [1.54, 1.807) is 12.1 Å². The van der Waals surface area contributed by atoms with Gasteiger partial charge in [0.1, 0.15) is 6.54 Å². The normalized spacial score (nSPS) is 23.5. The Labute approximate surface area is 180 Å². The van der Waals surface area contributed by atoms with Crippen LogP contribution in [0, 0.1) is 11.8 Å². The standard InChI is InChI=1S/C22H27N3O6/c1-30-22(29)17-12-14(24-8-10-31-11-9-24)6-7-18(17)23-19(26)13-25-20(27)15-4-2-3-5-16(15)21(25)28/h6-7,12,15-16H,2-5,8-11,13H2,1H3,(H,23,26). The molecule has 3 amide bonds. The van der Waals surface area contributed by atoms with Crippen LogP contribution in [0.4, 0.5) is 11.4 Å². The van der Waals surface area contributed by atoms with Crippen LogP contribution in [-0.4, -0.2) is 68.5 Å². The van der Waals surface area contributed by atoms with Crippen molar-refractivity contribution in [2.24, 2.45) is 11.8 Å². The third kappa shape index (κ3) is 4.27. The smallest absolute Gasteiger partial charge is 0.340 e. The number of carbonyl (C=O) groups is 4. The van der Waals surface area contributed by atoms with Crippen molar-refractivity contribution in [1.29, 1.82) is 0 Å². The lowest BCUT2D eigenvalue weighted by Crippen LogP contribution is -2.38. The number of benzene rings is 1. The van der Waals surface area contributed by atoms with E-state index in [2.05, 4.69) is 10.2 Å². The second kappa shape index (κ2) is 9.05. The molecule has 2 saturated heterocycles. The first-order valence-electron chi connectivity index (χ1n) is 10.7. The molecular formula is C22H27N3O6. The van der Waals surface area contributed by atoms with Crippen molar-refractivity contribution in [3.05, 3.63) is 23.8 Å². The Hall–Kier alpha value is -2.94. The molecule has 4 rings (SSSR count). The minimum Gasteiger partial charge on any atom is -0.465 e. The number of rotatable bonds is 5. The van der Waals surface area contributed by atoms with Crippen molar-refractivity contribution in [2.75, 3.05) is 50.2 Å². The summed E-state index contributed by atoms with van der Waals surface area (Å²) in [5, 5.41) is 2.68. The van der Waals surface area contributed by atoms with Crippen LogP contribution in [-0.2, 0) is 23.9 Å². The molecule has 0 aromatic heterocycles. The molecule has 1 aliphatic carbocycles. The summed E-state index contributed by atoms with van der Waals surface area (Å²) in [6.45, 7) is 2.26. The van der Waals surface area contributed by atoms with Gasteiger partial charge in [-0.25, -0.2) is 4.79 Å². The summed E-state index contributed by atoms with van der Waals surface area (Å²) in [5.74, 6) is -2.23. The average Bonchev–Trinajstić information content (AvgIpc) is 3.04. The summed E-state index contributed by atoms with van der Waals surface area (Å²) in [5.41, 5.74) is 1.33. The molecule has 31 heavy (non-hydrogen) atoms. The number of imide groups is 1. The molecule has 9 heteroatoms. The predicted molar refractivity (Wildman–Crippen MR) is 112 cm³/mol. The number of hydrogen-bond acceptors (Lipinski definition) is 7. The van der Waals surface area contributed by atoms with E-state index in [-0.39, 0.29) is 41.4 Å². The third-order valence-electron chi connectivity index (χ3n) is 6.29. The molecule has 0 bridgehead atoms. The number of hydrogen-bond donors (Lipinski definition) is 1. The molecule has 2 heterocycles. The maximum atomic E-state index is 12.7. The van der Waals surface area contributed by atoms with Gasteiger partial charge in [-0.15, -0.1) is 0 Å². The average molecular weight is 429 g/mol. The number of amides is 3. The lowest BCUT2D eigenvalue weighted by Gasteiger charge is -2.29. The summed E-state index contributed by atoms with van der Waals surface area (Å²) in [7, 11) is 1.28. The van der Waals surface area contributed by atoms with Crippen molar-refractivity contribution >= 4 is 35.1 Å². The highest BCUT2D eigenvalue weighted by Gasteiger charge is 2.48. The van der Waals surface area contributed by atoms with Crippen LogP contribution >= 0.6 is 0 Å². The van der Waals surface area contributed by atoms with Gasteiger partial charge in [0.2, 0.25) is 17.7 Å². The van der Waals surface area contributed by atoms with Crippen molar-refractivity contribution in [2.45, 2.75) is 25.7 Å². The van der Waals surface area contributed by atoms with Crippen LogP contribution in [0.5, 0.6) is 0 Å². The summed E-state index contributed by atoms with van der Waals surface area (Å²) in [4.78, 5) is 53.4. The van der Waals surface area contributed by atoms with E-state index in [9.17, 15) is 19.2 Å². The maximum absolute atomic E-state index is 12.7. The molecule has 2 aliphatic heterocycles. The topological polar surface area (TPSA) is 105 Å². The molecule has 3 aliphatic rings. The Morgan fingerprint density at radius 3 is 2.35 bits per heavy atom. The van der Waals surface area contributed by atoms with Gasteiger partial charge < -0.3 is 19.7 Å². The second-order valence-corrected chi connectivity index (χ2v) is 8.13. The van der Waals surface area contributed by atoms with E-state index in [1.165, 1.54) is 7.11 Å². The minimum absolute atomic E-state index is 0.215. The van der Waals surface area contributed by atoms with Crippen LogP contribution < -0.4 is 10.2 Å². The first kappa shape index (κ1) is 21.3. The quantitative estimate of drug-likeness (QED) is 0.557. The van der Waals surface area contributed by atoms with Crippen LogP contribution in [0.15, 0.2) is 18.2 Å². The highest BCUT2D eigenvalue weighted by Crippen LogP contribution is 2.38. The highest BCUT2D eigenvalue weighted by atomic mass is 16.5. The monoisotopic (exact) mass is 429 g/mol. The zero-order valence-corrected chi connectivity index (χ0v) is 17.6. The van der Waals surface area contributed by atoms with Gasteiger partial charge in [0, 0.05) is 18.8 Å². The van der Waals surface area contributed by atoms with Crippen molar-refractivity contribution in [3.63, 3.8) is 0 Å². The van der Waals surface area contributed by atoms with Crippen LogP contribution in [0.1, 0.15) is 36.0 Å². The molecule has 3 fully saturated rings. The van der Waals surface area contributed by atoms with Gasteiger partial charge in [-0.1, -0.05) is 12.8 Å². The molecule has 2 atom stereocenters. The number of fused-ring (bicyclic) bond motifs is 1. The van der Waals surface area contributed by atoms with Gasteiger partial charge in [0.25, 0.3) is 0 Å². The van der Waals surface area contributed by atoms with Crippen molar-refractivity contribution in [3.8, 4) is 0 Å². The van der Waals surface area contributed by atoms with E-state index in [0.29, 0.717) is 39.1 Å². The fraction of sp³-hybridized carbons (Fsp3) is 0.545. The first-order chi connectivity index (χ1) is 15.0. The molecule has 9 nitrogen and oxygen atoms in total. The SMILES string of the molecule is COC(=O)c1cc(N2CCOCC2)ccc1NC(=O)CN1C(=O)C2CCCCC2C1=O. The van der Waals surface area contributed by atoms with E-state index in [0.717, 1.165) is 23.4 Å². The number of nitrogens with zero attached hydrogens (tertiary/aromatic N) is 2. The number of esters is 1. The Balaban J connectivity index is 1.48. The number of morpholine rings is 1. The van der Waals surface area contributed by atoms with Gasteiger partial charge in [-0.3, -0.25) is 19.3 Å². The van der Waals surface area contributed by atoms with E-state index >= 15 is 0 Å². The molecule has 0 radical (unpaired) electrons. The zero-order valence-electron chi connectivity index (χ0n) is 17.6. The fourth-order valence-electron chi connectivity index (χ4n) is 4.66. The molecule has 1 saturated carbocycles. The summed E-state index contributed by atoms with van der Waals surface area (Å²) in [6, 6.07) is 5.13. The number of methoxy groups -OCH3 is 1. The Bertz CT molecular complexity index is 871. The summed E-state index contributed by atoms with van der Waals surface area (Å²) < 4.78 is 10.2. The lowest BCUT2D eigenvalue weighted by molar-refractivity contribution is -0.142. The van der Waals surface area contributed by atoms with Gasteiger partial charge in [-0.05, 0) is 31.0 Å². The molecule has 166 valence electrons. The van der Waals surface area contributed by atoms with E-state index in [1.807, 2.05) is 6.07 Å². The van der Waals surface area contributed by atoms with Gasteiger partial charge in [0.15, 0.2) is 0 Å². The number of nitrogens with one attached hydrogen (secondary N) is 1. The van der Waals surface area contributed by atoms with Crippen LogP contribution in [0.2, 0.25) is 0 Å². The summed E-state index contributed by atoms with van der Waals surface area (Å²) >= 11 is 0. The third-order valence-corrected chi connectivity index (χ3v) is 6.29. The van der Waals surface area contributed by atoms with Crippen LogP contribution in [0.3, 0.4) is 0 Å². The minimum atomic E-state index is -0.579. The Kier molecular flexibility index (Phi) is 6.22. The largest absolute Gasteiger partial charge is 0.465 e. The van der Waals surface area contributed by atoms with Gasteiger partial charge in [0.05, 0.1) is 43.4 Å². The molecule has 1 N–H and O–H groups in total. The Morgan fingerprint density at radius 2 is 1.74 bits per heavy atom. The fourth-order valence-corrected chi connectivity index (χ4v) is 4.66. The number of anilines is 2. The molecular weight excluding hydrogens is 402 g/mol. The van der Waals surface area contributed by atoms with Gasteiger partial charge in [-0.2, -0.15) is 0 Å². The van der Waals surface area contributed by atoms with E-state index in [4.69, 9.17) is 9.47 Å².